The molecule has 0 saturated heterocycles. The molecule has 0 spiro atoms. The second-order valence-corrected chi connectivity index (χ2v) is 7.29. The van der Waals surface area contributed by atoms with E-state index in [2.05, 4.69) is 18.3 Å². The van der Waals surface area contributed by atoms with Gasteiger partial charge in [0.2, 0.25) is 5.91 Å². The highest BCUT2D eigenvalue weighted by atomic mass is 16.5. The van der Waals surface area contributed by atoms with Crippen molar-refractivity contribution >= 4 is 17.2 Å². The van der Waals surface area contributed by atoms with Crippen LogP contribution in [0.4, 0.5) is 5.69 Å². The Morgan fingerprint density at radius 1 is 1.22 bits per heavy atom. The molecule has 2 aromatic heterocycles. The number of aromatic nitrogens is 2. The minimum atomic E-state index is 0.0935. The molecule has 0 radical (unpaired) electrons. The number of imidazole rings is 1. The van der Waals surface area contributed by atoms with Gasteiger partial charge in [-0.05, 0) is 49.6 Å². The molecule has 1 saturated carbocycles. The highest BCUT2D eigenvalue weighted by Crippen LogP contribution is 2.32. The van der Waals surface area contributed by atoms with Gasteiger partial charge in [-0.25, -0.2) is 4.98 Å². The molecule has 0 atom stereocenters. The summed E-state index contributed by atoms with van der Waals surface area (Å²) in [5.74, 6) is 0.865. The lowest BCUT2D eigenvalue weighted by atomic mass is 9.88. The quantitative estimate of drug-likeness (QED) is 0.722. The molecule has 2 heterocycles. The van der Waals surface area contributed by atoms with Crippen LogP contribution in [-0.2, 0) is 4.79 Å². The predicted molar refractivity (Wildman–Crippen MR) is 107 cm³/mol. The molecule has 1 fully saturated rings. The van der Waals surface area contributed by atoms with E-state index in [0.29, 0.717) is 11.4 Å². The van der Waals surface area contributed by atoms with Gasteiger partial charge >= 0.3 is 0 Å². The molecule has 1 amide bonds. The fraction of sp³-hybridized carbons (Fsp3) is 0.364. The third-order valence-corrected chi connectivity index (χ3v) is 5.41. The molecular weight excluding hydrogens is 338 g/mol. The van der Waals surface area contributed by atoms with Crippen molar-refractivity contribution in [3.63, 3.8) is 0 Å². The summed E-state index contributed by atoms with van der Waals surface area (Å²) in [4.78, 5) is 17.4. The van der Waals surface area contributed by atoms with E-state index in [4.69, 9.17) is 9.72 Å². The Labute approximate surface area is 159 Å². The van der Waals surface area contributed by atoms with Crippen LogP contribution in [0.5, 0.6) is 5.75 Å². The van der Waals surface area contributed by atoms with E-state index in [1.807, 2.05) is 41.1 Å². The van der Waals surface area contributed by atoms with Crippen molar-refractivity contribution in [1.29, 1.82) is 0 Å². The zero-order chi connectivity index (χ0) is 18.8. The first kappa shape index (κ1) is 17.6. The molecular formula is C22H25N3O2. The van der Waals surface area contributed by atoms with Crippen LogP contribution < -0.4 is 10.1 Å². The van der Waals surface area contributed by atoms with Crippen LogP contribution >= 0.6 is 0 Å². The van der Waals surface area contributed by atoms with Gasteiger partial charge in [-0.1, -0.05) is 25.3 Å². The maximum absolute atomic E-state index is 12.7. The lowest BCUT2D eigenvalue weighted by molar-refractivity contribution is -0.120. The lowest BCUT2D eigenvalue weighted by Gasteiger charge is -2.21. The molecule has 1 aromatic carbocycles. The van der Waals surface area contributed by atoms with Crippen molar-refractivity contribution in [1.82, 2.24) is 9.38 Å². The van der Waals surface area contributed by atoms with Crippen molar-refractivity contribution < 1.29 is 9.53 Å². The summed E-state index contributed by atoms with van der Waals surface area (Å²) in [6.45, 7) is 2.05. The first-order valence-electron chi connectivity index (χ1n) is 9.59. The van der Waals surface area contributed by atoms with E-state index in [1.165, 1.54) is 6.42 Å². The van der Waals surface area contributed by atoms with E-state index in [-0.39, 0.29) is 11.8 Å². The summed E-state index contributed by atoms with van der Waals surface area (Å²) in [5.41, 5.74) is 4.61. The summed E-state index contributed by atoms with van der Waals surface area (Å²) in [7, 11) is 1.62. The molecule has 1 aliphatic carbocycles. The molecule has 4 rings (SSSR count). The number of nitrogens with zero attached hydrogens (tertiary/aromatic N) is 2. The van der Waals surface area contributed by atoms with E-state index in [9.17, 15) is 4.79 Å². The number of rotatable bonds is 4. The van der Waals surface area contributed by atoms with Gasteiger partial charge in [0.1, 0.15) is 11.4 Å². The molecule has 0 aliphatic heterocycles. The lowest BCUT2D eigenvalue weighted by Crippen LogP contribution is -2.24. The van der Waals surface area contributed by atoms with Gasteiger partial charge in [0, 0.05) is 23.9 Å². The van der Waals surface area contributed by atoms with Gasteiger partial charge in [-0.2, -0.15) is 0 Å². The Bertz CT molecular complexity index is 971. The molecule has 5 nitrogen and oxygen atoms in total. The Kier molecular flexibility index (Phi) is 4.84. The van der Waals surface area contributed by atoms with Crippen molar-refractivity contribution in [2.45, 2.75) is 39.0 Å². The molecule has 1 N–H and O–H groups in total. The average molecular weight is 363 g/mol. The summed E-state index contributed by atoms with van der Waals surface area (Å²) < 4.78 is 7.49. The van der Waals surface area contributed by atoms with Crippen LogP contribution in [0.1, 0.15) is 37.7 Å². The number of carbonyl (C=O) groups excluding carboxylic acids is 1. The van der Waals surface area contributed by atoms with Crippen LogP contribution in [0.3, 0.4) is 0 Å². The smallest absolute Gasteiger partial charge is 0.227 e. The zero-order valence-corrected chi connectivity index (χ0v) is 15.9. The van der Waals surface area contributed by atoms with E-state index >= 15 is 0 Å². The third-order valence-electron chi connectivity index (χ3n) is 5.41. The summed E-state index contributed by atoms with van der Waals surface area (Å²) in [6.07, 6.45) is 9.45. The first-order valence-corrected chi connectivity index (χ1v) is 9.59. The van der Waals surface area contributed by atoms with Gasteiger partial charge < -0.3 is 14.5 Å². The van der Waals surface area contributed by atoms with Crippen LogP contribution in [0.25, 0.3) is 16.9 Å². The first-order chi connectivity index (χ1) is 13.2. The van der Waals surface area contributed by atoms with Gasteiger partial charge in [0.15, 0.2) is 0 Å². The summed E-state index contributed by atoms with van der Waals surface area (Å²) in [6, 6.07) is 9.89. The molecule has 1 aliphatic rings. The molecule has 0 unspecified atom stereocenters. The molecule has 5 heteroatoms. The SMILES string of the molecule is COc1ccc(-c2cn3cccc(C)c3n2)cc1NC(=O)C1CCCCC1. The Morgan fingerprint density at radius 2 is 2.04 bits per heavy atom. The zero-order valence-electron chi connectivity index (χ0n) is 15.9. The maximum atomic E-state index is 12.7. The minimum Gasteiger partial charge on any atom is -0.495 e. The van der Waals surface area contributed by atoms with Gasteiger partial charge in [0.25, 0.3) is 0 Å². The number of hydrogen-bond acceptors (Lipinski definition) is 3. The second kappa shape index (κ2) is 7.43. The Hall–Kier alpha value is -2.82. The molecule has 0 bridgehead atoms. The highest BCUT2D eigenvalue weighted by Gasteiger charge is 2.22. The van der Waals surface area contributed by atoms with E-state index < -0.39 is 0 Å². The number of fused-ring (bicyclic) bond motifs is 1. The number of benzene rings is 1. The van der Waals surface area contributed by atoms with Crippen molar-refractivity contribution in [2.75, 3.05) is 12.4 Å². The topological polar surface area (TPSA) is 55.6 Å². The summed E-state index contributed by atoms with van der Waals surface area (Å²) >= 11 is 0. The van der Waals surface area contributed by atoms with Crippen LogP contribution in [0.2, 0.25) is 0 Å². The van der Waals surface area contributed by atoms with Gasteiger partial charge in [0.05, 0.1) is 18.5 Å². The fourth-order valence-corrected chi connectivity index (χ4v) is 3.86. The standard InChI is InChI=1S/C22H25N3O2/c1-15-7-6-12-25-14-19(23-21(15)25)17-10-11-20(27-2)18(13-17)24-22(26)16-8-4-3-5-9-16/h6-7,10-14,16H,3-5,8-9H2,1-2H3,(H,24,26). The number of ether oxygens (including phenoxy) is 1. The van der Waals surface area contributed by atoms with Crippen LogP contribution in [-0.4, -0.2) is 22.4 Å². The number of methoxy groups -OCH3 is 1. The van der Waals surface area contributed by atoms with Crippen molar-refractivity contribution in [2.24, 2.45) is 5.92 Å². The molecule has 140 valence electrons. The number of hydrogen-bond donors (Lipinski definition) is 1. The van der Waals surface area contributed by atoms with Crippen LogP contribution in [0.15, 0.2) is 42.7 Å². The number of carbonyl (C=O) groups is 1. The largest absolute Gasteiger partial charge is 0.495 e. The average Bonchev–Trinajstić information content (AvgIpc) is 3.14. The van der Waals surface area contributed by atoms with Gasteiger partial charge in [-0.15, -0.1) is 0 Å². The number of aryl methyl sites for hydroxylation is 1. The number of anilines is 1. The Balaban J connectivity index is 1.65. The Morgan fingerprint density at radius 3 is 2.78 bits per heavy atom. The fourth-order valence-electron chi connectivity index (χ4n) is 3.86. The number of nitrogens with one attached hydrogen (secondary N) is 1. The highest BCUT2D eigenvalue weighted by molar-refractivity contribution is 5.94. The van der Waals surface area contributed by atoms with E-state index in [1.54, 1.807) is 7.11 Å². The van der Waals surface area contributed by atoms with Crippen LogP contribution in [0, 0.1) is 12.8 Å². The number of amides is 1. The second-order valence-electron chi connectivity index (χ2n) is 7.29. The predicted octanol–water partition coefficient (Wildman–Crippen LogP) is 4.84. The minimum absolute atomic E-state index is 0.0935. The van der Waals surface area contributed by atoms with Crippen molar-refractivity contribution in [3.05, 3.63) is 48.3 Å². The third kappa shape index (κ3) is 3.54. The molecule has 3 aromatic rings. The molecule has 27 heavy (non-hydrogen) atoms. The van der Waals surface area contributed by atoms with Crippen molar-refractivity contribution in [3.8, 4) is 17.0 Å². The van der Waals surface area contributed by atoms with E-state index in [0.717, 1.165) is 48.2 Å². The monoisotopic (exact) mass is 363 g/mol. The van der Waals surface area contributed by atoms with Gasteiger partial charge in [-0.3, -0.25) is 4.79 Å². The maximum Gasteiger partial charge on any atom is 0.227 e. The number of pyridine rings is 1. The summed E-state index contributed by atoms with van der Waals surface area (Å²) in [5, 5.41) is 3.09. The normalized spacial score (nSPS) is 15.0.